The largest absolute Gasteiger partial charge is 0.454 e. The highest BCUT2D eigenvalue weighted by molar-refractivity contribution is 7.91. The van der Waals surface area contributed by atoms with Crippen LogP contribution in [0.25, 0.3) is 0 Å². The molecule has 3 rings (SSSR count). The molecule has 0 bridgehead atoms. The van der Waals surface area contributed by atoms with Crippen LogP contribution in [0.2, 0.25) is 0 Å². The van der Waals surface area contributed by atoms with Crippen LogP contribution in [0.3, 0.4) is 0 Å². The number of hydrogen-bond donors (Lipinski definition) is 1. The van der Waals surface area contributed by atoms with Crippen molar-refractivity contribution in [3.05, 3.63) is 23.8 Å². The third-order valence-corrected chi connectivity index (χ3v) is 5.45. The van der Waals surface area contributed by atoms with Gasteiger partial charge in [0.05, 0.1) is 30.1 Å². The van der Waals surface area contributed by atoms with Crippen LogP contribution in [0.5, 0.6) is 11.5 Å². The van der Waals surface area contributed by atoms with Gasteiger partial charge in [-0.2, -0.15) is 0 Å². The zero-order valence-electron chi connectivity index (χ0n) is 12.1. The Bertz CT molecular complexity index is 687. The molecule has 1 saturated heterocycles. The normalized spacial score (nSPS) is 25.1. The Morgan fingerprint density at radius 3 is 2.86 bits per heavy atom. The highest BCUT2D eigenvalue weighted by atomic mass is 32.2. The minimum absolute atomic E-state index is 0.0571. The molecule has 2 atom stereocenters. The molecule has 2 aliphatic rings. The molecular weight excluding hydrogens is 310 g/mol. The molecule has 0 aliphatic carbocycles. The van der Waals surface area contributed by atoms with Gasteiger partial charge in [-0.3, -0.25) is 4.79 Å². The predicted octanol–water partition coefficient (Wildman–Crippen LogP) is -0.114. The maximum absolute atomic E-state index is 12.1. The van der Waals surface area contributed by atoms with E-state index in [0.29, 0.717) is 11.5 Å². The number of sulfone groups is 1. The second-order valence-electron chi connectivity index (χ2n) is 5.39. The van der Waals surface area contributed by atoms with Gasteiger partial charge in [-0.1, -0.05) is 6.07 Å². The summed E-state index contributed by atoms with van der Waals surface area (Å²) in [5.41, 5.74) is 0.775. The second-order valence-corrected chi connectivity index (χ2v) is 7.54. The molecule has 0 radical (unpaired) electrons. The van der Waals surface area contributed by atoms with E-state index in [1.807, 2.05) is 0 Å². The van der Waals surface area contributed by atoms with E-state index in [9.17, 15) is 13.2 Å². The maximum atomic E-state index is 12.1. The van der Waals surface area contributed by atoms with Gasteiger partial charge in [0.15, 0.2) is 21.3 Å². The van der Waals surface area contributed by atoms with Crippen molar-refractivity contribution in [1.82, 2.24) is 5.32 Å². The summed E-state index contributed by atoms with van der Waals surface area (Å²) in [7, 11) is -1.71. The molecule has 1 aromatic carbocycles. The molecule has 0 aromatic heterocycles. The number of hydrogen-bond acceptors (Lipinski definition) is 6. The Morgan fingerprint density at radius 1 is 1.32 bits per heavy atom. The summed E-state index contributed by atoms with van der Waals surface area (Å²) in [6, 6.07) is 4.78. The molecule has 1 aromatic rings. The molecule has 0 spiro atoms. The van der Waals surface area contributed by atoms with E-state index in [0.717, 1.165) is 5.56 Å². The molecule has 8 heteroatoms. The van der Waals surface area contributed by atoms with Gasteiger partial charge in [-0.15, -0.1) is 0 Å². The first-order valence-electron chi connectivity index (χ1n) is 6.88. The summed E-state index contributed by atoms with van der Waals surface area (Å²) in [4.78, 5) is 12.1. The van der Waals surface area contributed by atoms with Crippen molar-refractivity contribution in [2.75, 3.05) is 25.4 Å². The zero-order valence-corrected chi connectivity index (χ0v) is 12.9. The number of benzene rings is 1. The van der Waals surface area contributed by atoms with Crippen LogP contribution >= 0.6 is 0 Å². The van der Waals surface area contributed by atoms with E-state index in [-0.39, 0.29) is 30.6 Å². The molecule has 1 N–H and O–H groups in total. The summed E-state index contributed by atoms with van der Waals surface area (Å²) >= 11 is 0. The standard InChI is InChI=1S/C14H17NO6S/c1-19-13-7-22(17,18)6-10(13)15-14(16)5-9-2-3-11-12(4-9)21-8-20-11/h2-4,10,13H,5-8H2,1H3,(H,15,16)/t10-,13-/m1/s1. The van der Waals surface area contributed by atoms with Crippen molar-refractivity contribution in [2.45, 2.75) is 18.6 Å². The third-order valence-electron chi connectivity index (χ3n) is 3.75. The molecule has 120 valence electrons. The topological polar surface area (TPSA) is 90.9 Å². The lowest BCUT2D eigenvalue weighted by Crippen LogP contribution is -2.44. The van der Waals surface area contributed by atoms with Crippen LogP contribution in [0.15, 0.2) is 18.2 Å². The van der Waals surface area contributed by atoms with Crippen LogP contribution in [-0.4, -0.2) is 51.9 Å². The van der Waals surface area contributed by atoms with E-state index < -0.39 is 22.0 Å². The van der Waals surface area contributed by atoms with Crippen molar-refractivity contribution in [3.63, 3.8) is 0 Å². The Labute approximate surface area is 128 Å². The van der Waals surface area contributed by atoms with Gasteiger partial charge in [-0.25, -0.2) is 8.42 Å². The predicted molar refractivity (Wildman–Crippen MR) is 77.7 cm³/mol. The Hall–Kier alpha value is -1.80. The fourth-order valence-corrected chi connectivity index (χ4v) is 4.53. The molecule has 2 aliphatic heterocycles. The van der Waals surface area contributed by atoms with Gasteiger partial charge < -0.3 is 19.5 Å². The second kappa shape index (κ2) is 5.77. The number of ether oxygens (including phenoxy) is 3. The summed E-state index contributed by atoms with van der Waals surface area (Å²) in [6.07, 6.45) is -0.352. The summed E-state index contributed by atoms with van der Waals surface area (Å²) < 4.78 is 38.8. The quantitative estimate of drug-likeness (QED) is 0.829. The molecule has 0 unspecified atom stereocenters. The number of carbonyl (C=O) groups is 1. The molecule has 0 saturated carbocycles. The van der Waals surface area contributed by atoms with Crippen molar-refractivity contribution >= 4 is 15.7 Å². The first-order valence-corrected chi connectivity index (χ1v) is 8.70. The van der Waals surface area contributed by atoms with E-state index in [4.69, 9.17) is 14.2 Å². The van der Waals surface area contributed by atoms with Gasteiger partial charge in [0.25, 0.3) is 0 Å². The van der Waals surface area contributed by atoms with Gasteiger partial charge in [-0.05, 0) is 17.7 Å². The molecule has 7 nitrogen and oxygen atoms in total. The van der Waals surface area contributed by atoms with Crippen LogP contribution < -0.4 is 14.8 Å². The fourth-order valence-electron chi connectivity index (χ4n) is 2.68. The average molecular weight is 327 g/mol. The van der Waals surface area contributed by atoms with Crippen LogP contribution in [0, 0.1) is 0 Å². The first kappa shape index (κ1) is 15.1. The minimum Gasteiger partial charge on any atom is -0.454 e. The molecule has 1 fully saturated rings. The van der Waals surface area contributed by atoms with Gasteiger partial charge in [0, 0.05) is 7.11 Å². The number of rotatable bonds is 4. The van der Waals surface area contributed by atoms with Crippen molar-refractivity contribution in [2.24, 2.45) is 0 Å². The lowest BCUT2D eigenvalue weighted by atomic mass is 10.1. The van der Waals surface area contributed by atoms with Gasteiger partial charge in [0.2, 0.25) is 12.7 Å². The lowest BCUT2D eigenvalue weighted by molar-refractivity contribution is -0.121. The highest BCUT2D eigenvalue weighted by Crippen LogP contribution is 2.32. The zero-order chi connectivity index (χ0) is 15.7. The van der Waals surface area contributed by atoms with Gasteiger partial charge in [0.1, 0.15) is 0 Å². The lowest BCUT2D eigenvalue weighted by Gasteiger charge is -2.18. The number of carbonyl (C=O) groups excluding carboxylic acids is 1. The van der Waals surface area contributed by atoms with Crippen LogP contribution in [0.4, 0.5) is 0 Å². The Morgan fingerprint density at radius 2 is 2.09 bits per heavy atom. The van der Waals surface area contributed by atoms with Gasteiger partial charge >= 0.3 is 0 Å². The number of amides is 1. The minimum atomic E-state index is -3.16. The molecular formula is C14H17NO6S. The smallest absolute Gasteiger partial charge is 0.231 e. The van der Waals surface area contributed by atoms with E-state index in [1.165, 1.54) is 7.11 Å². The Balaban J connectivity index is 1.63. The molecule has 2 heterocycles. The molecule has 22 heavy (non-hydrogen) atoms. The Kier molecular flexibility index (Phi) is 3.96. The monoisotopic (exact) mass is 327 g/mol. The number of nitrogens with one attached hydrogen (secondary N) is 1. The van der Waals surface area contributed by atoms with E-state index in [1.54, 1.807) is 18.2 Å². The van der Waals surface area contributed by atoms with E-state index in [2.05, 4.69) is 5.32 Å². The van der Waals surface area contributed by atoms with Crippen LogP contribution in [0.1, 0.15) is 5.56 Å². The molecule has 1 amide bonds. The first-order chi connectivity index (χ1) is 10.5. The third kappa shape index (κ3) is 3.17. The number of fused-ring (bicyclic) bond motifs is 1. The number of methoxy groups -OCH3 is 1. The SMILES string of the molecule is CO[C@@H]1CS(=O)(=O)C[C@H]1NC(=O)Cc1ccc2c(c1)OCO2. The average Bonchev–Trinajstić information content (AvgIpc) is 3.01. The maximum Gasteiger partial charge on any atom is 0.231 e. The van der Waals surface area contributed by atoms with Crippen LogP contribution in [-0.2, 0) is 25.8 Å². The summed E-state index contributed by atoms with van der Waals surface area (Å²) in [5, 5.41) is 2.74. The van der Waals surface area contributed by atoms with Crippen molar-refractivity contribution in [3.8, 4) is 11.5 Å². The fraction of sp³-hybridized carbons (Fsp3) is 0.500. The van der Waals surface area contributed by atoms with E-state index >= 15 is 0 Å². The summed E-state index contributed by atoms with van der Waals surface area (Å²) in [5.74, 6) is 0.883. The van der Waals surface area contributed by atoms with Crippen molar-refractivity contribution < 1.29 is 27.4 Å². The summed E-state index contributed by atoms with van der Waals surface area (Å²) in [6.45, 7) is 0.181. The highest BCUT2D eigenvalue weighted by Gasteiger charge is 2.38. The van der Waals surface area contributed by atoms with Crippen molar-refractivity contribution in [1.29, 1.82) is 0 Å².